The Balaban J connectivity index is 3.06. The maximum Gasteiger partial charge on any atom is 0.257 e. The molecule has 5 N–H and O–H groups in total. The fraction of sp³-hybridized carbons (Fsp3) is 0. The third-order valence-electron chi connectivity index (χ3n) is 2.00. The third-order valence-corrected chi connectivity index (χ3v) is 2.00. The number of aromatic amines is 1. The van der Waals surface area contributed by atoms with Gasteiger partial charge in [-0.05, 0) is 6.07 Å². The molecule has 0 saturated heterocycles. The molecular weight excluding hydrogens is 166 g/mol. The van der Waals surface area contributed by atoms with Gasteiger partial charge in [-0.1, -0.05) is 18.2 Å². The molecule has 13 heavy (non-hydrogen) atoms. The molecule has 4 nitrogen and oxygen atoms in total. The Morgan fingerprint density at radius 3 is 2.38 bits per heavy atom. The molecule has 0 aliphatic carbocycles. The molecule has 0 bridgehead atoms. The molecule has 0 fully saturated rings. The van der Waals surface area contributed by atoms with E-state index in [9.17, 15) is 4.79 Å². The monoisotopic (exact) mass is 175 g/mol. The van der Waals surface area contributed by atoms with Gasteiger partial charge < -0.3 is 16.5 Å². The van der Waals surface area contributed by atoms with E-state index in [4.69, 9.17) is 11.5 Å². The van der Waals surface area contributed by atoms with Crippen LogP contribution in [0.25, 0.3) is 10.8 Å². The number of pyridine rings is 1. The van der Waals surface area contributed by atoms with Gasteiger partial charge in [0.05, 0.1) is 5.69 Å². The van der Waals surface area contributed by atoms with Gasteiger partial charge in [-0.3, -0.25) is 4.79 Å². The van der Waals surface area contributed by atoms with Gasteiger partial charge in [0.1, 0.15) is 5.82 Å². The van der Waals surface area contributed by atoms with Crippen LogP contribution in [-0.4, -0.2) is 4.98 Å². The van der Waals surface area contributed by atoms with Crippen LogP contribution in [-0.2, 0) is 0 Å². The molecule has 0 saturated carbocycles. The van der Waals surface area contributed by atoms with E-state index in [-0.39, 0.29) is 11.4 Å². The first kappa shape index (κ1) is 7.67. The van der Waals surface area contributed by atoms with Crippen LogP contribution in [0.2, 0.25) is 0 Å². The quantitative estimate of drug-likeness (QED) is 0.550. The summed E-state index contributed by atoms with van der Waals surface area (Å²) in [6.45, 7) is 0. The maximum atomic E-state index is 11.4. The summed E-state index contributed by atoms with van der Waals surface area (Å²) in [5.74, 6) is 0.226. The molecule has 1 heterocycles. The number of anilines is 2. The molecule has 0 spiro atoms. The average molecular weight is 175 g/mol. The molecule has 2 aromatic rings. The fourth-order valence-electron chi connectivity index (χ4n) is 1.32. The SMILES string of the molecule is Nc1[nH]c(=O)c2ccccc2c1N. The van der Waals surface area contributed by atoms with Crippen molar-refractivity contribution in [1.29, 1.82) is 0 Å². The van der Waals surface area contributed by atoms with Crippen molar-refractivity contribution in [3.8, 4) is 0 Å². The Morgan fingerprint density at radius 1 is 1.08 bits per heavy atom. The van der Waals surface area contributed by atoms with Crippen molar-refractivity contribution in [2.24, 2.45) is 0 Å². The number of benzene rings is 1. The van der Waals surface area contributed by atoms with E-state index in [1.165, 1.54) is 0 Å². The molecule has 1 aromatic carbocycles. The van der Waals surface area contributed by atoms with Gasteiger partial charge in [0.15, 0.2) is 0 Å². The van der Waals surface area contributed by atoms with Gasteiger partial charge in [-0.15, -0.1) is 0 Å². The predicted octanol–water partition coefficient (Wildman–Crippen LogP) is 0.693. The highest BCUT2D eigenvalue weighted by Crippen LogP contribution is 2.20. The lowest BCUT2D eigenvalue weighted by Gasteiger charge is -2.03. The summed E-state index contributed by atoms with van der Waals surface area (Å²) in [5.41, 5.74) is 11.4. The van der Waals surface area contributed by atoms with E-state index >= 15 is 0 Å². The first-order valence-corrected chi connectivity index (χ1v) is 3.86. The third kappa shape index (κ3) is 1.03. The summed E-state index contributed by atoms with van der Waals surface area (Å²) in [4.78, 5) is 13.8. The molecule has 4 heteroatoms. The Hall–Kier alpha value is -1.97. The van der Waals surface area contributed by atoms with Crippen LogP contribution >= 0.6 is 0 Å². The number of hydrogen-bond acceptors (Lipinski definition) is 3. The number of H-pyrrole nitrogens is 1. The maximum absolute atomic E-state index is 11.4. The van der Waals surface area contributed by atoms with Crippen LogP contribution < -0.4 is 17.0 Å². The molecule has 0 atom stereocenters. The second-order valence-corrected chi connectivity index (χ2v) is 2.83. The number of nitrogen functional groups attached to an aromatic ring is 2. The van der Waals surface area contributed by atoms with Gasteiger partial charge >= 0.3 is 0 Å². The van der Waals surface area contributed by atoms with E-state index in [0.29, 0.717) is 16.5 Å². The fourth-order valence-corrected chi connectivity index (χ4v) is 1.32. The number of fused-ring (bicyclic) bond motifs is 1. The number of rotatable bonds is 0. The topological polar surface area (TPSA) is 84.9 Å². The van der Waals surface area contributed by atoms with Crippen molar-refractivity contribution >= 4 is 22.3 Å². The minimum atomic E-state index is -0.206. The van der Waals surface area contributed by atoms with Crippen LogP contribution in [0.3, 0.4) is 0 Å². The summed E-state index contributed by atoms with van der Waals surface area (Å²) in [5, 5.41) is 1.26. The van der Waals surface area contributed by atoms with Crippen molar-refractivity contribution < 1.29 is 0 Å². The highest BCUT2D eigenvalue weighted by atomic mass is 16.1. The lowest BCUT2D eigenvalue weighted by atomic mass is 10.1. The largest absolute Gasteiger partial charge is 0.395 e. The normalized spacial score (nSPS) is 10.5. The Labute approximate surface area is 74.2 Å². The molecule has 0 aliphatic rings. The smallest absolute Gasteiger partial charge is 0.257 e. The minimum Gasteiger partial charge on any atom is -0.395 e. The summed E-state index contributed by atoms with van der Waals surface area (Å²) >= 11 is 0. The van der Waals surface area contributed by atoms with Crippen LogP contribution in [0.15, 0.2) is 29.1 Å². The number of hydrogen-bond donors (Lipinski definition) is 3. The van der Waals surface area contributed by atoms with E-state index in [1.807, 2.05) is 6.07 Å². The van der Waals surface area contributed by atoms with E-state index in [1.54, 1.807) is 18.2 Å². The Kier molecular flexibility index (Phi) is 1.48. The van der Waals surface area contributed by atoms with Crippen LogP contribution in [0.1, 0.15) is 0 Å². The molecule has 0 unspecified atom stereocenters. The summed E-state index contributed by atoms with van der Waals surface area (Å²) in [6, 6.07) is 7.09. The number of nitrogens with two attached hydrogens (primary N) is 2. The zero-order valence-corrected chi connectivity index (χ0v) is 6.87. The zero-order chi connectivity index (χ0) is 9.42. The van der Waals surface area contributed by atoms with Gasteiger partial charge in [0.25, 0.3) is 5.56 Å². The van der Waals surface area contributed by atoms with Gasteiger partial charge in [-0.25, -0.2) is 0 Å². The summed E-state index contributed by atoms with van der Waals surface area (Å²) < 4.78 is 0. The lowest BCUT2D eigenvalue weighted by molar-refractivity contribution is 1.29. The van der Waals surface area contributed by atoms with Crippen LogP contribution in [0.5, 0.6) is 0 Å². The molecule has 0 aliphatic heterocycles. The first-order chi connectivity index (χ1) is 6.20. The van der Waals surface area contributed by atoms with E-state index in [2.05, 4.69) is 4.98 Å². The Bertz CT molecular complexity index is 516. The molecular formula is C9H9N3O. The van der Waals surface area contributed by atoms with Crippen molar-refractivity contribution in [3.63, 3.8) is 0 Å². The number of aromatic nitrogens is 1. The standard InChI is InChI=1S/C9H9N3O/c10-7-5-3-1-2-4-6(5)9(13)12-8(7)11/h1-4H,10H2,(H3,11,12,13). The first-order valence-electron chi connectivity index (χ1n) is 3.86. The predicted molar refractivity (Wildman–Crippen MR) is 53.4 cm³/mol. The Morgan fingerprint density at radius 2 is 1.69 bits per heavy atom. The number of nitrogens with one attached hydrogen (secondary N) is 1. The van der Waals surface area contributed by atoms with Crippen molar-refractivity contribution in [3.05, 3.63) is 34.6 Å². The van der Waals surface area contributed by atoms with Crippen LogP contribution in [0.4, 0.5) is 11.5 Å². The lowest BCUT2D eigenvalue weighted by Crippen LogP contribution is -2.11. The van der Waals surface area contributed by atoms with Crippen molar-refractivity contribution in [2.75, 3.05) is 11.5 Å². The van der Waals surface area contributed by atoms with E-state index in [0.717, 1.165) is 0 Å². The van der Waals surface area contributed by atoms with Gasteiger partial charge in [0, 0.05) is 10.8 Å². The average Bonchev–Trinajstić information content (AvgIpc) is 2.15. The summed E-state index contributed by atoms with van der Waals surface area (Å²) in [7, 11) is 0. The van der Waals surface area contributed by atoms with Gasteiger partial charge in [-0.2, -0.15) is 0 Å². The van der Waals surface area contributed by atoms with E-state index < -0.39 is 0 Å². The summed E-state index contributed by atoms with van der Waals surface area (Å²) in [6.07, 6.45) is 0. The molecule has 0 amide bonds. The second kappa shape index (κ2) is 2.52. The molecule has 66 valence electrons. The van der Waals surface area contributed by atoms with Crippen LogP contribution in [0, 0.1) is 0 Å². The zero-order valence-electron chi connectivity index (χ0n) is 6.87. The van der Waals surface area contributed by atoms with Crippen molar-refractivity contribution in [1.82, 2.24) is 4.98 Å². The molecule has 0 radical (unpaired) electrons. The molecule has 1 aromatic heterocycles. The second-order valence-electron chi connectivity index (χ2n) is 2.83. The van der Waals surface area contributed by atoms with Gasteiger partial charge in [0.2, 0.25) is 0 Å². The highest BCUT2D eigenvalue weighted by Gasteiger charge is 2.04. The molecule has 2 rings (SSSR count). The highest BCUT2D eigenvalue weighted by molar-refractivity contribution is 5.96. The van der Waals surface area contributed by atoms with Crippen molar-refractivity contribution in [2.45, 2.75) is 0 Å². The minimum absolute atomic E-state index is 0.206.